The molecule has 1 atom stereocenters. The number of rotatable bonds is 9. The molecule has 18 heavy (non-hydrogen) atoms. The van der Waals surface area contributed by atoms with E-state index >= 15 is 0 Å². The molecule has 0 aromatic carbocycles. The van der Waals surface area contributed by atoms with Crippen molar-refractivity contribution in [3.8, 4) is 0 Å². The minimum absolute atomic E-state index is 0.0120. The molecule has 0 aromatic heterocycles. The van der Waals surface area contributed by atoms with E-state index in [2.05, 4.69) is 10.6 Å². The maximum atomic E-state index is 11.4. The van der Waals surface area contributed by atoms with Crippen LogP contribution in [-0.4, -0.2) is 35.5 Å². The smallest absolute Gasteiger partial charge is 0.303 e. The van der Waals surface area contributed by atoms with Crippen LogP contribution in [0.2, 0.25) is 0 Å². The molecule has 0 heterocycles. The number of carboxylic acids is 1. The van der Waals surface area contributed by atoms with E-state index in [4.69, 9.17) is 5.11 Å². The van der Waals surface area contributed by atoms with Gasteiger partial charge in [-0.05, 0) is 19.8 Å². The lowest BCUT2D eigenvalue weighted by Gasteiger charge is -2.11. The van der Waals surface area contributed by atoms with Gasteiger partial charge in [0.1, 0.15) is 0 Å². The first kappa shape index (κ1) is 16.4. The predicted molar refractivity (Wildman–Crippen MR) is 67.0 cm³/mol. The number of aliphatic carboxylic acids is 1. The summed E-state index contributed by atoms with van der Waals surface area (Å²) in [5.41, 5.74) is 0. The molecular formula is C12H22N2O4. The highest BCUT2D eigenvalue weighted by Gasteiger charge is 2.07. The van der Waals surface area contributed by atoms with E-state index in [1.54, 1.807) is 0 Å². The molecule has 3 N–H and O–H groups in total. The Bertz CT molecular complexity index is 292. The van der Waals surface area contributed by atoms with Gasteiger partial charge >= 0.3 is 5.97 Å². The van der Waals surface area contributed by atoms with E-state index in [1.165, 1.54) is 0 Å². The fourth-order valence-electron chi connectivity index (χ4n) is 1.25. The van der Waals surface area contributed by atoms with Crippen LogP contribution in [0, 0.1) is 0 Å². The van der Waals surface area contributed by atoms with Gasteiger partial charge in [-0.1, -0.05) is 6.92 Å². The third-order valence-electron chi connectivity index (χ3n) is 2.49. The highest BCUT2D eigenvalue weighted by atomic mass is 16.4. The molecule has 0 aliphatic rings. The molecule has 0 aliphatic heterocycles. The molecule has 104 valence electrons. The zero-order valence-corrected chi connectivity index (χ0v) is 11.0. The van der Waals surface area contributed by atoms with Crippen LogP contribution in [0.3, 0.4) is 0 Å². The van der Waals surface area contributed by atoms with Crippen LogP contribution in [-0.2, 0) is 14.4 Å². The van der Waals surface area contributed by atoms with Gasteiger partial charge in [0.25, 0.3) is 0 Å². The molecule has 0 saturated heterocycles. The van der Waals surface area contributed by atoms with Crippen molar-refractivity contribution < 1.29 is 19.5 Å². The minimum atomic E-state index is -0.907. The highest BCUT2D eigenvalue weighted by Crippen LogP contribution is 1.95. The average molecular weight is 258 g/mol. The van der Waals surface area contributed by atoms with Crippen LogP contribution in [0.25, 0.3) is 0 Å². The lowest BCUT2D eigenvalue weighted by atomic mass is 10.2. The Morgan fingerprint density at radius 3 is 2.33 bits per heavy atom. The molecule has 0 spiro atoms. The van der Waals surface area contributed by atoms with E-state index in [-0.39, 0.29) is 43.7 Å². The average Bonchev–Trinajstić information content (AvgIpc) is 2.28. The number of carbonyl (C=O) groups is 3. The normalized spacial score (nSPS) is 11.7. The van der Waals surface area contributed by atoms with Gasteiger partial charge in [0.05, 0.1) is 0 Å². The summed E-state index contributed by atoms with van der Waals surface area (Å²) in [5, 5.41) is 13.8. The topological polar surface area (TPSA) is 95.5 Å². The maximum absolute atomic E-state index is 11.4. The molecule has 1 unspecified atom stereocenters. The Kier molecular flexibility index (Phi) is 8.61. The summed E-state index contributed by atoms with van der Waals surface area (Å²) < 4.78 is 0. The summed E-state index contributed by atoms with van der Waals surface area (Å²) in [6.45, 7) is 4.19. The first-order valence-electron chi connectivity index (χ1n) is 6.23. The van der Waals surface area contributed by atoms with Crippen LogP contribution < -0.4 is 10.6 Å². The lowest BCUT2D eigenvalue weighted by molar-refractivity contribution is -0.137. The van der Waals surface area contributed by atoms with Gasteiger partial charge in [-0.2, -0.15) is 0 Å². The van der Waals surface area contributed by atoms with Gasteiger partial charge in [-0.25, -0.2) is 0 Å². The number of amides is 2. The van der Waals surface area contributed by atoms with Crippen molar-refractivity contribution in [2.75, 3.05) is 6.54 Å². The van der Waals surface area contributed by atoms with Crippen molar-refractivity contribution in [2.24, 2.45) is 0 Å². The first-order chi connectivity index (χ1) is 8.45. The molecule has 0 rings (SSSR count). The van der Waals surface area contributed by atoms with Gasteiger partial charge in [0.2, 0.25) is 11.8 Å². The molecule has 6 heteroatoms. The lowest BCUT2D eigenvalue weighted by Crippen LogP contribution is -2.35. The Morgan fingerprint density at radius 1 is 1.11 bits per heavy atom. The summed E-state index contributed by atoms with van der Waals surface area (Å²) >= 11 is 0. The minimum Gasteiger partial charge on any atom is -0.481 e. The zero-order valence-electron chi connectivity index (χ0n) is 11.0. The van der Waals surface area contributed by atoms with E-state index in [1.807, 2.05) is 13.8 Å². The summed E-state index contributed by atoms with van der Waals surface area (Å²) in [7, 11) is 0. The molecule has 0 aliphatic carbocycles. The molecule has 0 aromatic rings. The van der Waals surface area contributed by atoms with Crippen LogP contribution in [0.1, 0.15) is 46.0 Å². The third-order valence-corrected chi connectivity index (χ3v) is 2.49. The number of hydrogen-bond donors (Lipinski definition) is 3. The fraction of sp³-hybridized carbons (Fsp3) is 0.750. The molecule has 0 bridgehead atoms. The summed E-state index contributed by atoms with van der Waals surface area (Å²) in [5.74, 6) is -1.21. The van der Waals surface area contributed by atoms with E-state index in [0.717, 1.165) is 6.42 Å². The SMILES string of the molecule is CCC(C)NC(=O)CCNC(=O)CCCC(=O)O. The van der Waals surface area contributed by atoms with Crippen molar-refractivity contribution in [3.63, 3.8) is 0 Å². The Labute approximate surface area is 107 Å². The van der Waals surface area contributed by atoms with Crippen LogP contribution in [0.4, 0.5) is 0 Å². The van der Waals surface area contributed by atoms with Crippen LogP contribution in [0.5, 0.6) is 0 Å². The van der Waals surface area contributed by atoms with Crippen LogP contribution in [0.15, 0.2) is 0 Å². The Morgan fingerprint density at radius 2 is 1.78 bits per heavy atom. The number of hydrogen-bond acceptors (Lipinski definition) is 3. The zero-order chi connectivity index (χ0) is 14.0. The summed E-state index contributed by atoms with van der Waals surface area (Å²) in [6.07, 6.45) is 1.60. The van der Waals surface area contributed by atoms with Crippen molar-refractivity contribution in [3.05, 3.63) is 0 Å². The number of carboxylic acid groups (broad SMARTS) is 1. The quantitative estimate of drug-likeness (QED) is 0.566. The van der Waals surface area contributed by atoms with E-state index < -0.39 is 5.97 Å². The standard InChI is InChI=1S/C12H22N2O4/c1-3-9(2)14-11(16)7-8-13-10(15)5-4-6-12(17)18/h9H,3-8H2,1-2H3,(H,13,15)(H,14,16)(H,17,18). The molecule has 0 radical (unpaired) electrons. The second-order valence-corrected chi connectivity index (χ2v) is 4.22. The Hall–Kier alpha value is -1.59. The molecule has 6 nitrogen and oxygen atoms in total. The third kappa shape index (κ3) is 9.62. The molecular weight excluding hydrogens is 236 g/mol. The van der Waals surface area contributed by atoms with Crippen molar-refractivity contribution in [1.29, 1.82) is 0 Å². The van der Waals surface area contributed by atoms with Crippen LogP contribution >= 0.6 is 0 Å². The first-order valence-corrected chi connectivity index (χ1v) is 6.23. The van der Waals surface area contributed by atoms with Crippen molar-refractivity contribution in [1.82, 2.24) is 10.6 Å². The second-order valence-electron chi connectivity index (χ2n) is 4.22. The fourth-order valence-corrected chi connectivity index (χ4v) is 1.25. The van der Waals surface area contributed by atoms with E-state index in [9.17, 15) is 14.4 Å². The maximum Gasteiger partial charge on any atom is 0.303 e. The van der Waals surface area contributed by atoms with Gasteiger partial charge < -0.3 is 15.7 Å². The van der Waals surface area contributed by atoms with Gasteiger partial charge in [0.15, 0.2) is 0 Å². The largest absolute Gasteiger partial charge is 0.481 e. The van der Waals surface area contributed by atoms with Crippen molar-refractivity contribution >= 4 is 17.8 Å². The highest BCUT2D eigenvalue weighted by molar-refractivity contribution is 5.79. The summed E-state index contributed by atoms with van der Waals surface area (Å²) in [4.78, 5) is 32.8. The predicted octanol–water partition coefficient (Wildman–Crippen LogP) is 0.662. The van der Waals surface area contributed by atoms with Crippen molar-refractivity contribution in [2.45, 2.75) is 52.0 Å². The molecule has 0 fully saturated rings. The van der Waals surface area contributed by atoms with Gasteiger partial charge in [-0.15, -0.1) is 0 Å². The second kappa shape index (κ2) is 9.44. The summed E-state index contributed by atoms with van der Waals surface area (Å²) in [6, 6.07) is 0.142. The number of carbonyl (C=O) groups excluding carboxylic acids is 2. The molecule has 0 saturated carbocycles. The van der Waals surface area contributed by atoms with E-state index in [0.29, 0.717) is 6.42 Å². The van der Waals surface area contributed by atoms with Gasteiger partial charge in [-0.3, -0.25) is 14.4 Å². The monoisotopic (exact) mass is 258 g/mol. The Balaban J connectivity index is 3.55. The number of nitrogens with one attached hydrogen (secondary N) is 2. The molecule has 2 amide bonds. The van der Waals surface area contributed by atoms with Gasteiger partial charge in [0, 0.05) is 31.8 Å².